The number of aromatic nitrogens is 2. The summed E-state index contributed by atoms with van der Waals surface area (Å²) in [6.45, 7) is 9.24. The molecule has 1 atom stereocenters. The van der Waals surface area contributed by atoms with Crippen LogP contribution in [0.15, 0.2) is 30.5 Å². The molecule has 0 bridgehead atoms. The summed E-state index contributed by atoms with van der Waals surface area (Å²) in [6, 6.07) is 6.94. The molecule has 0 saturated heterocycles. The normalized spacial score (nSPS) is 11.8. The summed E-state index contributed by atoms with van der Waals surface area (Å²) in [5.74, 6) is -0.281. The van der Waals surface area contributed by atoms with Crippen LogP contribution in [0.3, 0.4) is 0 Å². The molecular weight excluding hydrogens is 322 g/mol. The van der Waals surface area contributed by atoms with Gasteiger partial charge in [0.2, 0.25) is 5.91 Å². The summed E-state index contributed by atoms with van der Waals surface area (Å²) in [5.41, 5.74) is 2.02. The lowest BCUT2D eigenvalue weighted by Gasteiger charge is -2.21. The number of nitrogens with one attached hydrogen (secondary N) is 1. The van der Waals surface area contributed by atoms with Crippen molar-refractivity contribution in [1.29, 1.82) is 0 Å². The fourth-order valence-corrected chi connectivity index (χ4v) is 2.69. The molecule has 1 unspecified atom stereocenters. The molecular formula is C17H23N5O3. The van der Waals surface area contributed by atoms with Crippen LogP contribution in [-0.4, -0.2) is 33.7 Å². The Morgan fingerprint density at radius 3 is 2.40 bits per heavy atom. The Kier molecular flexibility index (Phi) is 5.74. The Bertz CT molecular complexity index is 750. The van der Waals surface area contributed by atoms with E-state index in [4.69, 9.17) is 0 Å². The second kappa shape index (κ2) is 7.78. The van der Waals surface area contributed by atoms with Crippen LogP contribution < -0.4 is 10.2 Å². The van der Waals surface area contributed by atoms with Gasteiger partial charge >= 0.3 is 5.69 Å². The van der Waals surface area contributed by atoms with Crippen LogP contribution in [0.25, 0.3) is 0 Å². The van der Waals surface area contributed by atoms with Crippen molar-refractivity contribution in [2.75, 3.05) is 23.3 Å². The molecule has 0 aliphatic heterocycles. The maximum absolute atomic E-state index is 12.4. The highest BCUT2D eigenvalue weighted by atomic mass is 16.6. The molecule has 0 fully saturated rings. The van der Waals surface area contributed by atoms with Crippen molar-refractivity contribution in [3.63, 3.8) is 0 Å². The highest BCUT2D eigenvalue weighted by Gasteiger charge is 2.23. The van der Waals surface area contributed by atoms with Crippen molar-refractivity contribution < 1.29 is 9.72 Å². The Morgan fingerprint density at radius 2 is 1.92 bits per heavy atom. The van der Waals surface area contributed by atoms with Crippen LogP contribution in [0, 0.1) is 17.0 Å². The number of hydrogen-bond donors (Lipinski definition) is 1. The highest BCUT2D eigenvalue weighted by Crippen LogP contribution is 2.22. The zero-order valence-electron chi connectivity index (χ0n) is 14.9. The van der Waals surface area contributed by atoms with Crippen molar-refractivity contribution in [1.82, 2.24) is 9.78 Å². The fourth-order valence-electron chi connectivity index (χ4n) is 2.69. The molecule has 0 radical (unpaired) electrons. The number of amides is 1. The summed E-state index contributed by atoms with van der Waals surface area (Å²) in [5, 5.41) is 17.7. The van der Waals surface area contributed by atoms with Crippen molar-refractivity contribution in [2.24, 2.45) is 0 Å². The molecule has 25 heavy (non-hydrogen) atoms. The quantitative estimate of drug-likeness (QED) is 0.614. The van der Waals surface area contributed by atoms with E-state index in [9.17, 15) is 14.9 Å². The number of anilines is 2. The van der Waals surface area contributed by atoms with Crippen molar-refractivity contribution >= 4 is 23.0 Å². The molecule has 2 rings (SSSR count). The standard InChI is InChI=1S/C17H23N5O3/c1-5-20(6-2)15-9-7-14(8-10-15)19-17(23)13(4)21-12(3)16(11-18-21)22(24)25/h7-11,13H,5-6H2,1-4H3,(H,19,23). The molecule has 0 aliphatic carbocycles. The molecule has 8 heteroatoms. The number of benzene rings is 1. The van der Waals surface area contributed by atoms with E-state index >= 15 is 0 Å². The van der Waals surface area contributed by atoms with E-state index in [0.717, 1.165) is 25.0 Å². The van der Waals surface area contributed by atoms with E-state index in [0.29, 0.717) is 11.4 Å². The third-order valence-corrected chi connectivity index (χ3v) is 4.23. The fraction of sp³-hybridized carbons (Fsp3) is 0.412. The maximum atomic E-state index is 12.4. The number of rotatable bonds is 7. The van der Waals surface area contributed by atoms with E-state index in [1.807, 2.05) is 24.3 Å². The van der Waals surface area contributed by atoms with Crippen molar-refractivity contribution in [2.45, 2.75) is 33.7 Å². The van der Waals surface area contributed by atoms with Gasteiger partial charge in [0.1, 0.15) is 17.9 Å². The van der Waals surface area contributed by atoms with E-state index in [1.54, 1.807) is 13.8 Å². The predicted octanol–water partition coefficient (Wildman–Crippen LogP) is 3.15. The van der Waals surface area contributed by atoms with Gasteiger partial charge < -0.3 is 10.2 Å². The van der Waals surface area contributed by atoms with Crippen LogP contribution in [0.2, 0.25) is 0 Å². The monoisotopic (exact) mass is 345 g/mol. The smallest absolute Gasteiger partial charge is 0.309 e. The molecule has 1 amide bonds. The molecule has 2 aromatic rings. The van der Waals surface area contributed by atoms with Gasteiger partial charge in [-0.25, -0.2) is 0 Å². The first-order valence-electron chi connectivity index (χ1n) is 8.23. The Labute approximate surface area is 146 Å². The maximum Gasteiger partial charge on any atom is 0.309 e. The van der Waals surface area contributed by atoms with E-state index < -0.39 is 11.0 Å². The second-order valence-corrected chi connectivity index (χ2v) is 5.70. The molecule has 1 aromatic carbocycles. The van der Waals surface area contributed by atoms with E-state index in [-0.39, 0.29) is 11.6 Å². The Morgan fingerprint density at radius 1 is 1.32 bits per heavy atom. The van der Waals surface area contributed by atoms with Gasteiger partial charge in [0.05, 0.1) is 4.92 Å². The van der Waals surface area contributed by atoms with Gasteiger partial charge in [-0.2, -0.15) is 5.10 Å². The molecule has 1 aromatic heterocycles. The summed E-state index contributed by atoms with van der Waals surface area (Å²) in [6.07, 6.45) is 1.16. The second-order valence-electron chi connectivity index (χ2n) is 5.70. The minimum absolute atomic E-state index is 0.0942. The Balaban J connectivity index is 2.10. The van der Waals surface area contributed by atoms with Gasteiger partial charge in [0, 0.05) is 24.5 Å². The number of nitrogens with zero attached hydrogens (tertiary/aromatic N) is 4. The van der Waals surface area contributed by atoms with Gasteiger partial charge in [-0.1, -0.05) is 0 Å². The topological polar surface area (TPSA) is 93.3 Å². The number of carbonyl (C=O) groups excluding carboxylic acids is 1. The number of carbonyl (C=O) groups is 1. The minimum Gasteiger partial charge on any atom is -0.372 e. The lowest BCUT2D eigenvalue weighted by molar-refractivity contribution is -0.385. The first-order chi connectivity index (χ1) is 11.9. The first kappa shape index (κ1) is 18.4. The summed E-state index contributed by atoms with van der Waals surface area (Å²) >= 11 is 0. The lowest BCUT2D eigenvalue weighted by Crippen LogP contribution is -2.25. The summed E-state index contributed by atoms with van der Waals surface area (Å²) in [7, 11) is 0. The SMILES string of the molecule is CCN(CC)c1ccc(NC(=O)C(C)n2ncc([N+](=O)[O-])c2C)cc1. The van der Waals surface area contributed by atoms with Crippen LogP contribution >= 0.6 is 0 Å². The third-order valence-electron chi connectivity index (χ3n) is 4.23. The zero-order chi connectivity index (χ0) is 18.6. The minimum atomic E-state index is -0.656. The highest BCUT2D eigenvalue weighted by molar-refractivity contribution is 5.93. The van der Waals surface area contributed by atoms with Gasteiger partial charge in [-0.15, -0.1) is 0 Å². The van der Waals surface area contributed by atoms with Gasteiger partial charge in [-0.3, -0.25) is 19.6 Å². The summed E-state index contributed by atoms with van der Waals surface area (Å²) in [4.78, 5) is 25.0. The Hall–Kier alpha value is -2.90. The average molecular weight is 345 g/mol. The van der Waals surface area contributed by atoms with Crippen molar-refractivity contribution in [3.8, 4) is 0 Å². The molecule has 0 saturated carbocycles. The molecule has 8 nitrogen and oxygen atoms in total. The number of nitro groups is 1. The van der Waals surface area contributed by atoms with Crippen LogP contribution in [-0.2, 0) is 4.79 Å². The molecule has 1 N–H and O–H groups in total. The van der Waals surface area contributed by atoms with Crippen molar-refractivity contribution in [3.05, 3.63) is 46.3 Å². The first-order valence-corrected chi connectivity index (χ1v) is 8.23. The van der Waals surface area contributed by atoms with Gasteiger partial charge in [0.15, 0.2) is 0 Å². The third kappa shape index (κ3) is 3.96. The van der Waals surface area contributed by atoms with E-state index in [1.165, 1.54) is 4.68 Å². The lowest BCUT2D eigenvalue weighted by atomic mass is 10.2. The molecule has 134 valence electrons. The largest absolute Gasteiger partial charge is 0.372 e. The average Bonchev–Trinajstić information content (AvgIpc) is 2.98. The van der Waals surface area contributed by atoms with E-state index in [2.05, 4.69) is 29.2 Å². The molecule has 1 heterocycles. The van der Waals surface area contributed by atoms with Crippen LogP contribution in [0.4, 0.5) is 17.1 Å². The van der Waals surface area contributed by atoms with Crippen LogP contribution in [0.1, 0.15) is 32.5 Å². The summed E-state index contributed by atoms with van der Waals surface area (Å²) < 4.78 is 1.36. The van der Waals surface area contributed by atoms with Crippen LogP contribution in [0.5, 0.6) is 0 Å². The molecule has 0 spiro atoms. The predicted molar refractivity (Wildman–Crippen MR) is 97.0 cm³/mol. The van der Waals surface area contributed by atoms with Gasteiger partial charge in [-0.05, 0) is 52.0 Å². The molecule has 0 aliphatic rings. The zero-order valence-corrected chi connectivity index (χ0v) is 14.9. The number of hydrogen-bond acceptors (Lipinski definition) is 5. The van der Waals surface area contributed by atoms with Gasteiger partial charge in [0.25, 0.3) is 0 Å².